The molecule has 2 N–H and O–H groups in total. The molecule has 0 unspecified atom stereocenters. The van der Waals surface area contributed by atoms with Crippen molar-refractivity contribution in [3.05, 3.63) is 45.2 Å². The quantitative estimate of drug-likeness (QED) is 0.500. The summed E-state index contributed by atoms with van der Waals surface area (Å²) < 4.78 is 1.55. The second-order valence-corrected chi connectivity index (χ2v) is 4.70. The molecule has 0 bridgehead atoms. The highest BCUT2D eigenvalue weighted by molar-refractivity contribution is 6.32. The summed E-state index contributed by atoms with van der Waals surface area (Å²) in [5, 5.41) is 18.8. The smallest absolute Gasteiger partial charge is 0.288 e. The van der Waals surface area contributed by atoms with E-state index in [-0.39, 0.29) is 10.7 Å². The van der Waals surface area contributed by atoms with Gasteiger partial charge in [0.25, 0.3) is 5.69 Å². The number of nitrogens with zero attached hydrogens (tertiary/aromatic N) is 4. The minimum atomic E-state index is -0.522. The first-order valence-corrected chi connectivity index (χ1v) is 6.55. The maximum atomic E-state index is 10.7. The maximum absolute atomic E-state index is 10.7. The molecule has 0 spiro atoms. The van der Waals surface area contributed by atoms with E-state index in [4.69, 9.17) is 17.3 Å². The molecule has 2 aromatic rings. The summed E-state index contributed by atoms with van der Waals surface area (Å²) in [4.78, 5) is 10.2. The van der Waals surface area contributed by atoms with E-state index in [1.807, 2.05) is 0 Å². The highest BCUT2D eigenvalue weighted by atomic mass is 35.5. The van der Waals surface area contributed by atoms with E-state index < -0.39 is 4.92 Å². The van der Waals surface area contributed by atoms with Crippen LogP contribution in [0.2, 0.25) is 5.02 Å². The molecule has 106 valence electrons. The minimum Gasteiger partial charge on any atom is -0.330 e. The van der Waals surface area contributed by atoms with Crippen LogP contribution in [-0.2, 0) is 6.42 Å². The van der Waals surface area contributed by atoms with Crippen molar-refractivity contribution >= 4 is 17.3 Å². The molecule has 0 aliphatic heterocycles. The van der Waals surface area contributed by atoms with Crippen molar-refractivity contribution in [2.45, 2.75) is 19.3 Å². The fraction of sp³-hybridized carbons (Fsp3) is 0.333. The van der Waals surface area contributed by atoms with Crippen LogP contribution in [0, 0.1) is 10.1 Å². The van der Waals surface area contributed by atoms with Crippen molar-refractivity contribution in [2.75, 3.05) is 6.54 Å². The first-order valence-electron chi connectivity index (χ1n) is 6.17. The normalized spacial score (nSPS) is 10.7. The third kappa shape index (κ3) is 3.31. The Morgan fingerprint density at radius 2 is 2.20 bits per heavy atom. The molecule has 0 atom stereocenters. The van der Waals surface area contributed by atoms with Crippen molar-refractivity contribution in [1.29, 1.82) is 0 Å². The van der Waals surface area contributed by atoms with Gasteiger partial charge in [-0.1, -0.05) is 16.8 Å². The molecule has 8 heteroatoms. The van der Waals surface area contributed by atoms with Gasteiger partial charge in [0.05, 0.1) is 22.5 Å². The predicted octanol–water partition coefficient (Wildman–Crippen LogP) is 2.11. The van der Waals surface area contributed by atoms with Crippen LogP contribution in [0.25, 0.3) is 5.69 Å². The van der Waals surface area contributed by atoms with Crippen molar-refractivity contribution in [3.63, 3.8) is 0 Å². The molecule has 2 rings (SSSR count). The maximum Gasteiger partial charge on any atom is 0.288 e. The van der Waals surface area contributed by atoms with Gasteiger partial charge in [0.15, 0.2) is 0 Å². The summed E-state index contributed by atoms with van der Waals surface area (Å²) in [6.07, 6.45) is 4.48. The third-order valence-electron chi connectivity index (χ3n) is 2.82. The Labute approximate surface area is 120 Å². The molecule has 7 nitrogen and oxygen atoms in total. The van der Waals surface area contributed by atoms with E-state index in [0.29, 0.717) is 12.2 Å². The van der Waals surface area contributed by atoms with Gasteiger partial charge in [0.1, 0.15) is 5.02 Å². The van der Waals surface area contributed by atoms with E-state index in [9.17, 15) is 10.1 Å². The zero-order valence-corrected chi connectivity index (χ0v) is 11.5. The van der Waals surface area contributed by atoms with E-state index in [1.54, 1.807) is 16.9 Å². The zero-order valence-electron chi connectivity index (χ0n) is 10.7. The van der Waals surface area contributed by atoms with Gasteiger partial charge in [-0.15, -0.1) is 5.10 Å². The number of nitro benzene ring substituents is 1. The molecule has 0 saturated heterocycles. The van der Waals surface area contributed by atoms with E-state index in [2.05, 4.69) is 10.3 Å². The lowest BCUT2D eigenvalue weighted by molar-refractivity contribution is -0.384. The highest BCUT2D eigenvalue weighted by Gasteiger charge is 2.13. The van der Waals surface area contributed by atoms with Gasteiger partial charge in [-0.05, 0) is 37.9 Å². The second-order valence-electron chi connectivity index (χ2n) is 4.29. The zero-order chi connectivity index (χ0) is 14.5. The molecular weight excluding hydrogens is 282 g/mol. The van der Waals surface area contributed by atoms with Gasteiger partial charge in [-0.2, -0.15) is 0 Å². The number of nitro groups is 1. The Balaban J connectivity index is 2.15. The van der Waals surface area contributed by atoms with E-state index in [1.165, 1.54) is 12.1 Å². The van der Waals surface area contributed by atoms with E-state index >= 15 is 0 Å². The monoisotopic (exact) mass is 295 g/mol. The van der Waals surface area contributed by atoms with Crippen LogP contribution in [0.3, 0.4) is 0 Å². The van der Waals surface area contributed by atoms with Gasteiger partial charge in [0, 0.05) is 6.07 Å². The number of aryl methyl sites for hydroxylation is 1. The number of rotatable bonds is 6. The standard InChI is InChI=1S/C12H14ClN5O2/c13-11-7-10(4-5-12(11)18(19)20)17-8-9(15-16-17)3-1-2-6-14/h4-5,7-8H,1-3,6,14H2. The average Bonchev–Trinajstić information content (AvgIpc) is 2.87. The number of aromatic nitrogens is 3. The number of unbranched alkanes of at least 4 members (excludes halogenated alkanes) is 1. The Kier molecular flexibility index (Phi) is 4.65. The summed E-state index contributed by atoms with van der Waals surface area (Å²) in [5.41, 5.74) is 6.80. The Hall–Kier alpha value is -1.99. The van der Waals surface area contributed by atoms with Crippen LogP contribution in [0.15, 0.2) is 24.4 Å². The van der Waals surface area contributed by atoms with Gasteiger partial charge >= 0.3 is 0 Å². The Morgan fingerprint density at radius 1 is 1.40 bits per heavy atom. The molecule has 0 radical (unpaired) electrons. The number of halogens is 1. The highest BCUT2D eigenvalue weighted by Crippen LogP contribution is 2.26. The molecule has 0 saturated carbocycles. The largest absolute Gasteiger partial charge is 0.330 e. The van der Waals surface area contributed by atoms with Crippen molar-refractivity contribution < 1.29 is 4.92 Å². The fourth-order valence-corrected chi connectivity index (χ4v) is 2.02. The molecule has 0 aliphatic carbocycles. The first kappa shape index (κ1) is 14.4. The third-order valence-corrected chi connectivity index (χ3v) is 3.12. The summed E-state index contributed by atoms with van der Waals surface area (Å²) in [6, 6.07) is 4.44. The number of hydrogen-bond donors (Lipinski definition) is 1. The summed E-state index contributed by atoms with van der Waals surface area (Å²) >= 11 is 5.87. The second kappa shape index (κ2) is 6.44. The first-order chi connectivity index (χ1) is 9.61. The van der Waals surface area contributed by atoms with Crippen LogP contribution in [-0.4, -0.2) is 26.5 Å². The van der Waals surface area contributed by atoms with Gasteiger partial charge in [0.2, 0.25) is 0 Å². The van der Waals surface area contributed by atoms with Crippen LogP contribution in [0.1, 0.15) is 18.5 Å². The lowest BCUT2D eigenvalue weighted by Gasteiger charge is -2.01. The van der Waals surface area contributed by atoms with Crippen LogP contribution in [0.4, 0.5) is 5.69 Å². The van der Waals surface area contributed by atoms with Crippen LogP contribution < -0.4 is 5.73 Å². The number of benzene rings is 1. The molecular formula is C12H14ClN5O2. The molecule has 0 amide bonds. The topological polar surface area (TPSA) is 99.9 Å². The lowest BCUT2D eigenvalue weighted by atomic mass is 10.2. The molecule has 1 aromatic heterocycles. The molecule has 0 aliphatic rings. The summed E-state index contributed by atoms with van der Waals surface area (Å²) in [5.74, 6) is 0. The van der Waals surface area contributed by atoms with Gasteiger partial charge < -0.3 is 5.73 Å². The van der Waals surface area contributed by atoms with Crippen molar-refractivity contribution in [3.8, 4) is 5.69 Å². The van der Waals surface area contributed by atoms with Crippen LogP contribution in [0.5, 0.6) is 0 Å². The van der Waals surface area contributed by atoms with Crippen molar-refractivity contribution in [1.82, 2.24) is 15.0 Å². The summed E-state index contributed by atoms with van der Waals surface area (Å²) in [7, 11) is 0. The molecule has 20 heavy (non-hydrogen) atoms. The fourth-order valence-electron chi connectivity index (χ4n) is 1.78. The van der Waals surface area contributed by atoms with Gasteiger partial charge in [-0.25, -0.2) is 4.68 Å². The number of hydrogen-bond acceptors (Lipinski definition) is 5. The van der Waals surface area contributed by atoms with E-state index in [0.717, 1.165) is 25.0 Å². The Morgan fingerprint density at radius 3 is 2.85 bits per heavy atom. The molecule has 1 heterocycles. The van der Waals surface area contributed by atoms with Crippen molar-refractivity contribution in [2.24, 2.45) is 5.73 Å². The predicted molar refractivity (Wildman–Crippen MR) is 75.0 cm³/mol. The Bertz CT molecular complexity index is 614. The average molecular weight is 296 g/mol. The van der Waals surface area contributed by atoms with Gasteiger partial charge in [-0.3, -0.25) is 10.1 Å². The molecule has 0 fully saturated rings. The lowest BCUT2D eigenvalue weighted by Crippen LogP contribution is -1.99. The minimum absolute atomic E-state index is 0.0766. The number of nitrogens with two attached hydrogens (primary N) is 1. The summed E-state index contributed by atoms with van der Waals surface area (Å²) in [6.45, 7) is 0.659. The SMILES string of the molecule is NCCCCc1cn(-c2ccc([N+](=O)[O-])c(Cl)c2)nn1. The molecule has 1 aromatic carbocycles. The van der Waals surface area contributed by atoms with Crippen LogP contribution >= 0.6 is 11.6 Å².